The lowest BCUT2D eigenvalue weighted by Crippen LogP contribution is -2.16. The zero-order valence-corrected chi connectivity index (χ0v) is 8.86. The molecule has 0 amide bonds. The van der Waals surface area contributed by atoms with Gasteiger partial charge in [0.2, 0.25) is 0 Å². The topological polar surface area (TPSA) is 38.0 Å². The Labute approximate surface area is 83.3 Å². The lowest BCUT2D eigenvalue weighted by atomic mass is 10.2. The fourth-order valence-corrected chi connectivity index (χ4v) is 1.30. The Kier molecular flexibility index (Phi) is 11.8. The van der Waals surface area contributed by atoms with E-state index in [-0.39, 0.29) is 0 Å². The van der Waals surface area contributed by atoms with Gasteiger partial charge in [-0.25, -0.2) is 0 Å². The van der Waals surface area contributed by atoms with E-state index >= 15 is 0 Å². The third kappa shape index (κ3) is 11.9. The van der Waals surface area contributed by atoms with Crippen molar-refractivity contribution in [3.8, 4) is 0 Å². The first-order chi connectivity index (χ1) is 6.41. The molecule has 0 saturated carbocycles. The average Bonchev–Trinajstić information content (AvgIpc) is 2.16. The first-order valence-electron chi connectivity index (χ1n) is 5.62. The van der Waals surface area contributed by atoms with Crippen LogP contribution in [0.5, 0.6) is 0 Å². The van der Waals surface area contributed by atoms with Crippen molar-refractivity contribution in [2.24, 2.45) is 5.73 Å². The van der Waals surface area contributed by atoms with Crippen molar-refractivity contribution in [3.63, 3.8) is 0 Å². The lowest BCUT2D eigenvalue weighted by molar-refractivity contribution is 0.572. The van der Waals surface area contributed by atoms with Gasteiger partial charge < -0.3 is 11.1 Å². The lowest BCUT2D eigenvalue weighted by Gasteiger charge is -2.03. The molecule has 0 bridgehead atoms. The van der Waals surface area contributed by atoms with Crippen molar-refractivity contribution in [2.45, 2.75) is 44.9 Å². The van der Waals surface area contributed by atoms with E-state index in [1.54, 1.807) is 0 Å². The van der Waals surface area contributed by atoms with E-state index in [4.69, 9.17) is 5.73 Å². The molecule has 0 aromatic rings. The monoisotopic (exact) mass is 185 g/mol. The second-order valence-electron chi connectivity index (χ2n) is 3.51. The molecular weight excluding hydrogens is 160 g/mol. The van der Waals surface area contributed by atoms with Crippen molar-refractivity contribution in [1.29, 1.82) is 0 Å². The summed E-state index contributed by atoms with van der Waals surface area (Å²) in [5.41, 5.74) is 5.40. The highest BCUT2D eigenvalue weighted by atomic mass is 14.8. The van der Waals surface area contributed by atoms with E-state index in [0.29, 0.717) is 0 Å². The Morgan fingerprint density at radius 3 is 2.00 bits per heavy atom. The Balaban J connectivity index is 2.76. The Bertz CT molecular complexity index is 74.2. The molecule has 0 atom stereocenters. The average molecular weight is 185 g/mol. The minimum absolute atomic E-state index is 0.837. The van der Waals surface area contributed by atoms with Crippen LogP contribution in [-0.2, 0) is 0 Å². The van der Waals surface area contributed by atoms with Gasteiger partial charge in [0.1, 0.15) is 0 Å². The minimum atomic E-state index is 0.837. The number of nitrogens with one attached hydrogen (secondary N) is 1. The summed E-state index contributed by atoms with van der Waals surface area (Å²) in [5.74, 6) is 0. The quantitative estimate of drug-likeness (QED) is 0.512. The fourth-order valence-electron chi connectivity index (χ4n) is 1.30. The van der Waals surface area contributed by atoms with Crippen molar-refractivity contribution in [3.05, 3.63) is 6.92 Å². The van der Waals surface area contributed by atoms with E-state index < -0.39 is 0 Å². The van der Waals surface area contributed by atoms with Gasteiger partial charge in [-0.05, 0) is 38.9 Å². The second-order valence-corrected chi connectivity index (χ2v) is 3.51. The van der Waals surface area contributed by atoms with Gasteiger partial charge in [-0.3, -0.25) is 0 Å². The molecule has 79 valence electrons. The predicted octanol–water partition coefficient (Wildman–Crippen LogP) is 2.10. The van der Waals surface area contributed by atoms with Gasteiger partial charge in [-0.1, -0.05) is 32.6 Å². The molecule has 0 saturated heterocycles. The predicted molar refractivity (Wildman–Crippen MR) is 59.6 cm³/mol. The first-order valence-corrected chi connectivity index (χ1v) is 5.62. The van der Waals surface area contributed by atoms with Crippen LogP contribution in [0.15, 0.2) is 0 Å². The van der Waals surface area contributed by atoms with Crippen LogP contribution in [0.3, 0.4) is 0 Å². The van der Waals surface area contributed by atoms with Crippen LogP contribution in [-0.4, -0.2) is 19.6 Å². The van der Waals surface area contributed by atoms with Gasteiger partial charge in [-0.15, -0.1) is 0 Å². The number of rotatable bonds is 10. The van der Waals surface area contributed by atoms with E-state index in [1.165, 1.54) is 45.1 Å². The highest BCUT2D eigenvalue weighted by Crippen LogP contribution is 1.97. The second kappa shape index (κ2) is 11.9. The maximum Gasteiger partial charge on any atom is -0.00489 e. The van der Waals surface area contributed by atoms with Crippen LogP contribution in [0.1, 0.15) is 44.9 Å². The molecule has 0 unspecified atom stereocenters. The third-order valence-corrected chi connectivity index (χ3v) is 2.16. The van der Waals surface area contributed by atoms with Crippen LogP contribution in [0.25, 0.3) is 0 Å². The zero-order chi connectivity index (χ0) is 9.78. The molecule has 0 heterocycles. The minimum Gasteiger partial charge on any atom is -0.330 e. The molecule has 2 heteroatoms. The normalized spacial score (nSPS) is 10.6. The van der Waals surface area contributed by atoms with Gasteiger partial charge in [0, 0.05) is 0 Å². The number of nitrogens with two attached hydrogens (primary N) is 1. The van der Waals surface area contributed by atoms with E-state index in [9.17, 15) is 0 Å². The molecule has 0 aromatic heterocycles. The first kappa shape index (κ1) is 12.9. The van der Waals surface area contributed by atoms with Gasteiger partial charge >= 0.3 is 0 Å². The Morgan fingerprint density at radius 1 is 0.846 bits per heavy atom. The molecule has 0 aliphatic carbocycles. The maximum absolute atomic E-state index is 5.40. The molecule has 0 aliphatic heterocycles. The Hall–Kier alpha value is -0.0800. The maximum atomic E-state index is 5.40. The van der Waals surface area contributed by atoms with Crippen LogP contribution >= 0.6 is 0 Å². The van der Waals surface area contributed by atoms with Crippen molar-refractivity contribution in [1.82, 2.24) is 5.32 Å². The molecule has 0 rings (SSSR count). The standard InChI is InChI=1S/C11H25N2/c1-2-3-4-7-10-13-11-8-5-6-9-12/h13H,1-12H2. The van der Waals surface area contributed by atoms with Gasteiger partial charge in [0.25, 0.3) is 0 Å². The van der Waals surface area contributed by atoms with Crippen LogP contribution < -0.4 is 11.1 Å². The van der Waals surface area contributed by atoms with E-state index in [1.807, 2.05) is 0 Å². The summed E-state index contributed by atoms with van der Waals surface area (Å²) in [6, 6.07) is 0. The van der Waals surface area contributed by atoms with Gasteiger partial charge in [0.15, 0.2) is 0 Å². The molecule has 0 aliphatic rings. The van der Waals surface area contributed by atoms with Gasteiger partial charge in [-0.2, -0.15) is 0 Å². The summed E-state index contributed by atoms with van der Waals surface area (Å²) in [6.07, 6.45) is 8.68. The summed E-state index contributed by atoms with van der Waals surface area (Å²) in [7, 11) is 0. The molecule has 0 spiro atoms. The molecule has 0 aromatic carbocycles. The summed E-state index contributed by atoms with van der Waals surface area (Å²) in [4.78, 5) is 0. The Morgan fingerprint density at radius 2 is 1.46 bits per heavy atom. The van der Waals surface area contributed by atoms with Crippen molar-refractivity contribution >= 4 is 0 Å². The number of hydrogen-bond donors (Lipinski definition) is 2. The third-order valence-electron chi connectivity index (χ3n) is 2.16. The van der Waals surface area contributed by atoms with E-state index in [0.717, 1.165) is 19.5 Å². The number of hydrogen-bond acceptors (Lipinski definition) is 2. The highest BCUT2D eigenvalue weighted by molar-refractivity contribution is 4.51. The SMILES string of the molecule is [CH2]CCCCCNCCCCCN. The van der Waals surface area contributed by atoms with Crippen molar-refractivity contribution in [2.75, 3.05) is 19.6 Å². The molecule has 3 N–H and O–H groups in total. The smallest absolute Gasteiger partial charge is 0.00489 e. The molecule has 2 nitrogen and oxygen atoms in total. The molecule has 13 heavy (non-hydrogen) atoms. The van der Waals surface area contributed by atoms with Crippen LogP contribution in [0, 0.1) is 6.92 Å². The highest BCUT2D eigenvalue weighted by Gasteiger charge is 1.89. The zero-order valence-electron chi connectivity index (χ0n) is 8.86. The van der Waals surface area contributed by atoms with Crippen LogP contribution in [0.2, 0.25) is 0 Å². The molecule has 0 fully saturated rings. The van der Waals surface area contributed by atoms with E-state index in [2.05, 4.69) is 12.2 Å². The fraction of sp³-hybridized carbons (Fsp3) is 0.909. The van der Waals surface area contributed by atoms with Crippen molar-refractivity contribution < 1.29 is 0 Å². The summed E-state index contributed by atoms with van der Waals surface area (Å²) in [5, 5.41) is 3.44. The summed E-state index contributed by atoms with van der Waals surface area (Å²) in [6.45, 7) is 6.98. The van der Waals surface area contributed by atoms with Gasteiger partial charge in [0.05, 0.1) is 0 Å². The molecular formula is C11H25N2. The molecule has 1 radical (unpaired) electrons. The van der Waals surface area contributed by atoms with Crippen LogP contribution in [0.4, 0.5) is 0 Å². The number of unbranched alkanes of at least 4 members (excludes halogenated alkanes) is 5. The summed E-state index contributed by atoms with van der Waals surface area (Å²) < 4.78 is 0. The summed E-state index contributed by atoms with van der Waals surface area (Å²) >= 11 is 0. The largest absolute Gasteiger partial charge is 0.330 e.